The molecule has 0 saturated carbocycles. The predicted molar refractivity (Wildman–Crippen MR) is 154 cm³/mol. The molecule has 0 aliphatic carbocycles. The number of nitrogens with one attached hydrogen (secondary N) is 2. The number of rotatable bonds is 6. The second-order valence-corrected chi connectivity index (χ2v) is 9.14. The first-order valence-corrected chi connectivity index (χ1v) is 12.3. The number of aryl methyl sites for hydroxylation is 1. The van der Waals surface area contributed by atoms with Gasteiger partial charge in [-0.1, -0.05) is 18.2 Å². The normalized spacial score (nSPS) is 17.9. The average molecular weight is 578 g/mol. The van der Waals surface area contributed by atoms with Gasteiger partial charge in [-0.05, 0) is 56.0 Å². The molecule has 3 heterocycles. The van der Waals surface area contributed by atoms with Crippen molar-refractivity contribution >= 4 is 41.4 Å². The van der Waals surface area contributed by atoms with E-state index < -0.39 is 0 Å². The fourth-order valence-electron chi connectivity index (χ4n) is 4.80. The summed E-state index contributed by atoms with van der Waals surface area (Å²) >= 11 is 0. The number of hydrogen-bond donors (Lipinski definition) is 2. The molecule has 4 rings (SSSR count). The van der Waals surface area contributed by atoms with Gasteiger partial charge in [-0.15, -0.1) is 24.0 Å². The third-order valence-electron chi connectivity index (χ3n) is 7.04. The second kappa shape index (κ2) is 13.1. The Bertz CT molecular complexity index is 905. The number of pyridine rings is 1. The molecule has 0 unspecified atom stereocenters. The number of aliphatic imine (C=N–C) groups is 1. The van der Waals surface area contributed by atoms with Crippen LogP contribution in [0.25, 0.3) is 0 Å². The first kappa shape index (κ1) is 26.5. The van der Waals surface area contributed by atoms with E-state index in [1.165, 1.54) is 16.8 Å². The number of guanidine groups is 1. The number of aromatic nitrogens is 1. The minimum absolute atomic E-state index is 0. The first-order valence-electron chi connectivity index (χ1n) is 12.3. The zero-order valence-corrected chi connectivity index (χ0v) is 23.2. The zero-order chi connectivity index (χ0) is 23.0. The maximum Gasteiger partial charge on any atom is 0.191 e. The molecule has 2 aliphatic rings. The fourth-order valence-corrected chi connectivity index (χ4v) is 4.80. The van der Waals surface area contributed by atoms with Gasteiger partial charge in [-0.25, -0.2) is 4.98 Å². The van der Waals surface area contributed by atoms with Crippen LogP contribution in [0, 0.1) is 13.8 Å². The third kappa shape index (κ3) is 6.97. The number of nitrogens with zero attached hydrogens (tertiary/aromatic N) is 5. The SMILES string of the molecule is CN=C(NCCN1CCN(c2cccc(C)c2C)CC1)NC1CCN(c2ccccn2)CC1.I. The van der Waals surface area contributed by atoms with E-state index in [0.29, 0.717) is 6.04 Å². The summed E-state index contributed by atoms with van der Waals surface area (Å²) in [5, 5.41) is 7.14. The van der Waals surface area contributed by atoms with Gasteiger partial charge >= 0.3 is 0 Å². The van der Waals surface area contributed by atoms with E-state index in [1.54, 1.807) is 0 Å². The van der Waals surface area contributed by atoms with Crippen LogP contribution < -0.4 is 20.4 Å². The summed E-state index contributed by atoms with van der Waals surface area (Å²) in [4.78, 5) is 16.4. The lowest BCUT2D eigenvalue weighted by Gasteiger charge is -2.37. The van der Waals surface area contributed by atoms with E-state index in [2.05, 4.69) is 79.5 Å². The van der Waals surface area contributed by atoms with Crippen molar-refractivity contribution in [1.82, 2.24) is 20.5 Å². The van der Waals surface area contributed by atoms with Gasteiger partial charge in [-0.2, -0.15) is 0 Å². The van der Waals surface area contributed by atoms with Crippen molar-refractivity contribution in [2.45, 2.75) is 32.7 Å². The highest BCUT2D eigenvalue weighted by Gasteiger charge is 2.21. The van der Waals surface area contributed by atoms with Crippen molar-refractivity contribution in [2.75, 3.05) is 69.2 Å². The molecule has 7 nitrogen and oxygen atoms in total. The van der Waals surface area contributed by atoms with Crippen LogP contribution in [-0.2, 0) is 0 Å². The van der Waals surface area contributed by atoms with Crippen LogP contribution in [0.3, 0.4) is 0 Å². The summed E-state index contributed by atoms with van der Waals surface area (Å²) in [5.74, 6) is 2.00. The Morgan fingerprint density at radius 2 is 1.74 bits per heavy atom. The molecule has 2 fully saturated rings. The Labute approximate surface area is 222 Å². The third-order valence-corrected chi connectivity index (χ3v) is 7.04. The van der Waals surface area contributed by atoms with Gasteiger partial charge in [0.05, 0.1) is 0 Å². The largest absolute Gasteiger partial charge is 0.369 e. The second-order valence-electron chi connectivity index (χ2n) is 9.14. The molecule has 0 amide bonds. The summed E-state index contributed by atoms with van der Waals surface area (Å²) < 4.78 is 0. The zero-order valence-electron chi connectivity index (χ0n) is 20.8. The summed E-state index contributed by atoms with van der Waals surface area (Å²) in [6, 6.07) is 13.2. The Morgan fingerprint density at radius 3 is 2.41 bits per heavy atom. The molecule has 0 atom stereocenters. The number of piperazine rings is 1. The summed E-state index contributed by atoms with van der Waals surface area (Å²) in [7, 11) is 1.86. The molecule has 186 valence electrons. The van der Waals surface area contributed by atoms with Gasteiger partial charge in [0.2, 0.25) is 0 Å². The van der Waals surface area contributed by atoms with Gasteiger partial charge in [0.1, 0.15) is 5.82 Å². The monoisotopic (exact) mass is 577 g/mol. The van der Waals surface area contributed by atoms with Crippen molar-refractivity contribution in [3.63, 3.8) is 0 Å². The lowest BCUT2D eigenvalue weighted by atomic mass is 10.1. The van der Waals surface area contributed by atoms with Gasteiger partial charge in [-0.3, -0.25) is 9.89 Å². The number of halogens is 1. The summed E-state index contributed by atoms with van der Waals surface area (Å²) in [5.41, 5.74) is 4.18. The van der Waals surface area contributed by atoms with Crippen LogP contribution in [0.15, 0.2) is 47.6 Å². The Balaban J connectivity index is 0.00000324. The maximum absolute atomic E-state index is 4.48. The van der Waals surface area contributed by atoms with Crippen molar-refractivity contribution < 1.29 is 0 Å². The van der Waals surface area contributed by atoms with E-state index in [-0.39, 0.29) is 24.0 Å². The minimum atomic E-state index is 0. The van der Waals surface area contributed by atoms with Crippen LogP contribution in [-0.4, -0.2) is 81.3 Å². The first-order chi connectivity index (χ1) is 16.1. The molecule has 2 aromatic rings. The van der Waals surface area contributed by atoms with Crippen LogP contribution >= 0.6 is 24.0 Å². The van der Waals surface area contributed by atoms with Crippen LogP contribution in [0.5, 0.6) is 0 Å². The van der Waals surface area contributed by atoms with Crippen LogP contribution in [0.1, 0.15) is 24.0 Å². The molecule has 0 radical (unpaired) electrons. The molecule has 1 aromatic carbocycles. The number of hydrogen-bond acceptors (Lipinski definition) is 5. The highest BCUT2D eigenvalue weighted by atomic mass is 127. The molecule has 0 spiro atoms. The van der Waals surface area contributed by atoms with Gasteiger partial charge < -0.3 is 20.4 Å². The lowest BCUT2D eigenvalue weighted by molar-refractivity contribution is 0.261. The van der Waals surface area contributed by atoms with E-state index in [1.807, 2.05) is 19.3 Å². The summed E-state index contributed by atoms with van der Waals surface area (Å²) in [6.07, 6.45) is 4.06. The quantitative estimate of drug-likeness (QED) is 0.313. The molecule has 34 heavy (non-hydrogen) atoms. The lowest BCUT2D eigenvalue weighted by Crippen LogP contribution is -2.51. The highest BCUT2D eigenvalue weighted by molar-refractivity contribution is 14.0. The van der Waals surface area contributed by atoms with E-state index in [9.17, 15) is 0 Å². The topological polar surface area (TPSA) is 59.0 Å². The predicted octanol–water partition coefficient (Wildman–Crippen LogP) is 3.27. The molecule has 2 N–H and O–H groups in total. The van der Waals surface area contributed by atoms with Crippen molar-refractivity contribution in [3.05, 3.63) is 53.7 Å². The molecule has 2 aliphatic heterocycles. The Morgan fingerprint density at radius 1 is 0.971 bits per heavy atom. The summed E-state index contributed by atoms with van der Waals surface area (Å²) in [6.45, 7) is 12.8. The van der Waals surface area contributed by atoms with Crippen molar-refractivity contribution in [1.29, 1.82) is 0 Å². The van der Waals surface area contributed by atoms with Crippen molar-refractivity contribution in [3.8, 4) is 0 Å². The standard InChI is InChI=1S/C26H39N7.HI/c1-21-7-6-8-24(22(21)2)32-19-17-31(18-20-32)16-13-29-26(27-3)30-23-10-14-33(15-11-23)25-9-4-5-12-28-25;/h4-9,12,23H,10-11,13-20H2,1-3H3,(H2,27,29,30);1H. The van der Waals surface area contributed by atoms with Crippen LogP contribution in [0.2, 0.25) is 0 Å². The minimum Gasteiger partial charge on any atom is -0.369 e. The van der Waals surface area contributed by atoms with E-state index in [4.69, 9.17) is 0 Å². The molecule has 1 aromatic heterocycles. The molecule has 0 bridgehead atoms. The Kier molecular flexibility index (Phi) is 10.2. The van der Waals surface area contributed by atoms with Gasteiger partial charge in [0.25, 0.3) is 0 Å². The number of piperidine rings is 1. The number of anilines is 2. The van der Waals surface area contributed by atoms with Gasteiger partial charge in [0, 0.05) is 77.3 Å². The average Bonchev–Trinajstić information content (AvgIpc) is 2.86. The van der Waals surface area contributed by atoms with Crippen LogP contribution in [0.4, 0.5) is 11.5 Å². The fraction of sp³-hybridized carbons (Fsp3) is 0.538. The molecule has 8 heteroatoms. The highest BCUT2D eigenvalue weighted by Crippen LogP contribution is 2.23. The smallest absolute Gasteiger partial charge is 0.191 e. The Hall–Kier alpha value is -2.07. The van der Waals surface area contributed by atoms with Gasteiger partial charge in [0.15, 0.2) is 5.96 Å². The van der Waals surface area contributed by atoms with E-state index >= 15 is 0 Å². The molecular formula is C26H40IN7. The van der Waals surface area contributed by atoms with E-state index in [0.717, 1.165) is 77.0 Å². The van der Waals surface area contributed by atoms with Crippen molar-refractivity contribution in [2.24, 2.45) is 4.99 Å². The molecular weight excluding hydrogens is 537 g/mol. The number of benzene rings is 1. The maximum atomic E-state index is 4.48. The molecule has 2 saturated heterocycles.